The maximum absolute atomic E-state index is 11.8. The van der Waals surface area contributed by atoms with E-state index in [1.54, 1.807) is 16.7 Å². The molecule has 1 aliphatic carbocycles. The molecule has 1 saturated carbocycles. The summed E-state index contributed by atoms with van der Waals surface area (Å²) in [6, 6.07) is 13.6. The number of rotatable bonds is 8. The average molecular weight is 508 g/mol. The summed E-state index contributed by atoms with van der Waals surface area (Å²) in [5, 5.41) is 6.88. The Labute approximate surface area is 191 Å². The fourth-order valence-corrected chi connectivity index (χ4v) is 3.65. The smallest absolute Gasteiger partial charge is 0.250 e. The van der Waals surface area contributed by atoms with E-state index in [0.717, 1.165) is 30.2 Å². The van der Waals surface area contributed by atoms with Crippen LogP contribution in [0.1, 0.15) is 50.7 Å². The van der Waals surface area contributed by atoms with E-state index >= 15 is 0 Å². The SMILES string of the molecule is CCNC(=NCc1ccc(Cn2ccccc2=O)cc1)NCC1(CC)CCC1.I. The van der Waals surface area contributed by atoms with Gasteiger partial charge in [0, 0.05) is 25.4 Å². The van der Waals surface area contributed by atoms with Crippen LogP contribution in [0.3, 0.4) is 0 Å². The second-order valence-corrected chi connectivity index (χ2v) is 7.74. The van der Waals surface area contributed by atoms with Crippen molar-refractivity contribution in [2.75, 3.05) is 13.1 Å². The summed E-state index contributed by atoms with van der Waals surface area (Å²) < 4.78 is 1.71. The largest absolute Gasteiger partial charge is 0.357 e. The zero-order valence-corrected chi connectivity index (χ0v) is 19.8. The van der Waals surface area contributed by atoms with Crippen LogP contribution in [0.5, 0.6) is 0 Å². The van der Waals surface area contributed by atoms with Gasteiger partial charge in [0.2, 0.25) is 0 Å². The fraction of sp³-hybridized carbons (Fsp3) is 0.478. The van der Waals surface area contributed by atoms with Crippen LogP contribution in [0.25, 0.3) is 0 Å². The van der Waals surface area contributed by atoms with Gasteiger partial charge in [-0.05, 0) is 48.8 Å². The van der Waals surface area contributed by atoms with Gasteiger partial charge in [-0.25, -0.2) is 4.99 Å². The molecule has 1 aromatic heterocycles. The molecule has 1 aromatic carbocycles. The topological polar surface area (TPSA) is 58.4 Å². The van der Waals surface area contributed by atoms with Crippen LogP contribution in [-0.4, -0.2) is 23.6 Å². The predicted molar refractivity (Wildman–Crippen MR) is 131 cm³/mol. The average Bonchev–Trinajstić information content (AvgIpc) is 2.68. The molecule has 0 bridgehead atoms. The number of hydrogen-bond donors (Lipinski definition) is 2. The summed E-state index contributed by atoms with van der Waals surface area (Å²) in [6.07, 6.45) is 7.04. The highest BCUT2D eigenvalue weighted by molar-refractivity contribution is 14.0. The number of pyridine rings is 1. The number of guanidine groups is 1. The third-order valence-corrected chi connectivity index (χ3v) is 5.83. The van der Waals surface area contributed by atoms with Gasteiger partial charge in [-0.15, -0.1) is 24.0 Å². The lowest BCUT2D eigenvalue weighted by Gasteiger charge is -2.41. The zero-order valence-electron chi connectivity index (χ0n) is 17.5. The van der Waals surface area contributed by atoms with Crippen LogP contribution in [0, 0.1) is 5.41 Å². The molecule has 1 fully saturated rings. The molecule has 158 valence electrons. The summed E-state index contributed by atoms with van der Waals surface area (Å²) >= 11 is 0. The predicted octanol–water partition coefficient (Wildman–Crippen LogP) is 4.15. The number of nitrogens with one attached hydrogen (secondary N) is 2. The molecule has 0 aliphatic heterocycles. The number of nitrogens with zero attached hydrogens (tertiary/aromatic N) is 2. The first kappa shape index (κ1) is 23.4. The first-order valence-electron chi connectivity index (χ1n) is 10.4. The highest BCUT2D eigenvalue weighted by Gasteiger charge is 2.34. The highest BCUT2D eigenvalue weighted by Crippen LogP contribution is 2.42. The Morgan fingerprint density at radius 1 is 1.07 bits per heavy atom. The summed E-state index contributed by atoms with van der Waals surface area (Å²) in [5.74, 6) is 0.891. The van der Waals surface area contributed by atoms with Crippen LogP contribution in [-0.2, 0) is 13.1 Å². The maximum atomic E-state index is 11.8. The van der Waals surface area contributed by atoms with Crippen molar-refractivity contribution in [3.8, 4) is 0 Å². The van der Waals surface area contributed by atoms with Crippen molar-refractivity contribution in [3.63, 3.8) is 0 Å². The van der Waals surface area contributed by atoms with Crippen molar-refractivity contribution in [1.29, 1.82) is 0 Å². The second-order valence-electron chi connectivity index (χ2n) is 7.74. The van der Waals surface area contributed by atoms with Gasteiger partial charge in [-0.2, -0.15) is 0 Å². The van der Waals surface area contributed by atoms with Gasteiger partial charge in [-0.1, -0.05) is 43.7 Å². The van der Waals surface area contributed by atoms with E-state index in [1.807, 2.05) is 12.3 Å². The molecule has 0 spiro atoms. The lowest BCUT2D eigenvalue weighted by Crippen LogP contribution is -2.46. The first-order valence-corrected chi connectivity index (χ1v) is 10.4. The lowest BCUT2D eigenvalue weighted by atomic mass is 9.67. The number of aromatic nitrogens is 1. The summed E-state index contributed by atoms with van der Waals surface area (Å²) in [7, 11) is 0. The summed E-state index contributed by atoms with van der Waals surface area (Å²) in [6.45, 7) is 7.47. The van der Waals surface area contributed by atoms with E-state index in [-0.39, 0.29) is 29.5 Å². The minimum Gasteiger partial charge on any atom is -0.357 e. The molecule has 5 nitrogen and oxygen atoms in total. The van der Waals surface area contributed by atoms with Gasteiger partial charge in [0.25, 0.3) is 5.56 Å². The Bertz CT molecular complexity index is 835. The Hall–Kier alpha value is -1.83. The molecule has 0 atom stereocenters. The van der Waals surface area contributed by atoms with E-state index in [1.165, 1.54) is 25.7 Å². The lowest BCUT2D eigenvalue weighted by molar-refractivity contribution is 0.131. The molecular weight excluding hydrogens is 475 g/mol. The standard InChI is InChI=1S/C23H32N4O.HI/c1-3-23(13-7-14-23)18-26-22(24-4-2)25-16-19-9-11-20(12-10-19)17-27-15-6-5-8-21(27)28;/h5-6,8-12,15H,3-4,7,13-14,16-18H2,1-2H3,(H2,24,25,26);1H. The van der Waals surface area contributed by atoms with Crippen LogP contribution in [0.15, 0.2) is 58.4 Å². The van der Waals surface area contributed by atoms with Crippen molar-refractivity contribution in [2.24, 2.45) is 10.4 Å². The molecule has 1 aliphatic rings. The number of hydrogen-bond acceptors (Lipinski definition) is 2. The second kappa shape index (κ2) is 11.4. The van der Waals surface area contributed by atoms with Gasteiger partial charge in [-0.3, -0.25) is 4.79 Å². The van der Waals surface area contributed by atoms with E-state index in [0.29, 0.717) is 18.5 Å². The zero-order chi connectivity index (χ0) is 19.8. The third kappa shape index (κ3) is 6.59. The number of aliphatic imine (C=N–C) groups is 1. The monoisotopic (exact) mass is 508 g/mol. The highest BCUT2D eigenvalue weighted by atomic mass is 127. The minimum atomic E-state index is 0. The molecule has 2 N–H and O–H groups in total. The Morgan fingerprint density at radius 3 is 2.38 bits per heavy atom. The molecule has 2 aromatic rings. The molecule has 0 saturated heterocycles. The van der Waals surface area contributed by atoms with Gasteiger partial charge in [0.15, 0.2) is 5.96 Å². The van der Waals surface area contributed by atoms with Crippen molar-refractivity contribution < 1.29 is 0 Å². The fourth-order valence-electron chi connectivity index (χ4n) is 3.65. The quantitative estimate of drug-likeness (QED) is 0.320. The third-order valence-electron chi connectivity index (χ3n) is 5.83. The van der Waals surface area contributed by atoms with E-state index in [2.05, 4.69) is 48.7 Å². The van der Waals surface area contributed by atoms with Gasteiger partial charge in [0.1, 0.15) is 0 Å². The van der Waals surface area contributed by atoms with Crippen molar-refractivity contribution >= 4 is 29.9 Å². The molecule has 0 radical (unpaired) electrons. The summed E-state index contributed by atoms with van der Waals surface area (Å²) in [4.78, 5) is 16.6. The maximum Gasteiger partial charge on any atom is 0.250 e. The molecule has 29 heavy (non-hydrogen) atoms. The molecule has 1 heterocycles. The normalized spacial score (nSPS) is 15.2. The Kier molecular flexibility index (Phi) is 9.20. The van der Waals surface area contributed by atoms with Crippen LogP contribution < -0.4 is 16.2 Å². The molecule has 0 unspecified atom stereocenters. The van der Waals surface area contributed by atoms with Crippen LogP contribution in [0.4, 0.5) is 0 Å². The minimum absolute atomic E-state index is 0. The van der Waals surface area contributed by atoms with Crippen molar-refractivity contribution in [2.45, 2.75) is 52.6 Å². The molecule has 6 heteroatoms. The molecule has 3 rings (SSSR count). The van der Waals surface area contributed by atoms with Crippen LogP contribution in [0.2, 0.25) is 0 Å². The first-order chi connectivity index (χ1) is 13.6. The molecule has 0 amide bonds. The number of benzene rings is 1. The Balaban J connectivity index is 0.00000300. The van der Waals surface area contributed by atoms with E-state index < -0.39 is 0 Å². The van der Waals surface area contributed by atoms with Gasteiger partial charge in [0.05, 0.1) is 13.1 Å². The number of halogens is 1. The Morgan fingerprint density at radius 2 is 1.79 bits per heavy atom. The van der Waals surface area contributed by atoms with Crippen molar-refractivity contribution in [3.05, 3.63) is 70.1 Å². The van der Waals surface area contributed by atoms with E-state index in [9.17, 15) is 4.79 Å². The summed E-state index contributed by atoms with van der Waals surface area (Å²) in [5.41, 5.74) is 2.76. The van der Waals surface area contributed by atoms with Crippen LogP contribution >= 0.6 is 24.0 Å². The van der Waals surface area contributed by atoms with Gasteiger partial charge >= 0.3 is 0 Å². The van der Waals surface area contributed by atoms with Crippen molar-refractivity contribution in [1.82, 2.24) is 15.2 Å². The van der Waals surface area contributed by atoms with Gasteiger partial charge < -0.3 is 15.2 Å². The van der Waals surface area contributed by atoms with E-state index in [4.69, 9.17) is 4.99 Å². The molecular formula is C23H33IN4O.